The molecule has 0 radical (unpaired) electrons. The van der Waals surface area contributed by atoms with Crippen LogP contribution in [0.1, 0.15) is 27.6 Å². The van der Waals surface area contributed by atoms with Crippen LogP contribution in [0.5, 0.6) is 11.5 Å². The van der Waals surface area contributed by atoms with E-state index in [2.05, 4.69) is 15.6 Å². The van der Waals surface area contributed by atoms with Crippen LogP contribution in [0.4, 0.5) is 15.6 Å². The molecule has 2 N–H and O–H groups in total. The van der Waals surface area contributed by atoms with Crippen LogP contribution in [0.25, 0.3) is 10.2 Å². The molecule has 1 aromatic heterocycles. The minimum absolute atomic E-state index is 0.180. The third-order valence-corrected chi connectivity index (χ3v) is 6.84. The standard InChI is InChI=1S/C30H25N3O5S/c1-36-22-14-15-24-26(18-22)39-30(32-24)33-29(35)31-21-13-16-25(23(17-21)28(34)37-2)38-27(19-9-5-3-6-10-19)20-11-7-4-8-12-20/h3-18,27H,1-2H3,(H2,31,32,33,35). The summed E-state index contributed by atoms with van der Waals surface area (Å²) in [6.07, 6.45) is -0.462. The Morgan fingerprint density at radius 2 is 1.51 bits per heavy atom. The van der Waals surface area contributed by atoms with Crippen LogP contribution >= 0.6 is 11.3 Å². The number of carbonyl (C=O) groups excluding carboxylic acids is 2. The molecule has 0 fully saturated rings. The van der Waals surface area contributed by atoms with Gasteiger partial charge in [0.05, 0.1) is 24.4 Å². The number of urea groups is 1. The Kier molecular flexibility index (Phi) is 7.70. The number of rotatable bonds is 8. The van der Waals surface area contributed by atoms with Gasteiger partial charge in [-0.15, -0.1) is 0 Å². The zero-order valence-electron chi connectivity index (χ0n) is 21.2. The summed E-state index contributed by atoms with van der Waals surface area (Å²) < 4.78 is 17.5. The molecule has 0 spiro atoms. The predicted molar refractivity (Wildman–Crippen MR) is 152 cm³/mol. The van der Waals surface area contributed by atoms with Crippen LogP contribution in [-0.4, -0.2) is 31.2 Å². The molecular weight excluding hydrogens is 514 g/mol. The number of fused-ring (bicyclic) bond motifs is 1. The molecule has 4 aromatic carbocycles. The lowest BCUT2D eigenvalue weighted by molar-refractivity contribution is 0.0594. The van der Waals surface area contributed by atoms with Crippen LogP contribution in [0.2, 0.25) is 0 Å². The van der Waals surface area contributed by atoms with Gasteiger partial charge in [-0.1, -0.05) is 72.0 Å². The van der Waals surface area contributed by atoms with Gasteiger partial charge in [-0.2, -0.15) is 0 Å². The summed E-state index contributed by atoms with van der Waals surface area (Å²) in [6, 6.07) is 29.3. The van der Waals surface area contributed by atoms with Gasteiger partial charge in [0.25, 0.3) is 0 Å². The second-order valence-electron chi connectivity index (χ2n) is 8.45. The number of ether oxygens (including phenoxy) is 3. The monoisotopic (exact) mass is 539 g/mol. The molecule has 9 heteroatoms. The maximum absolute atomic E-state index is 12.7. The van der Waals surface area contributed by atoms with E-state index < -0.39 is 18.1 Å². The first-order valence-corrected chi connectivity index (χ1v) is 12.9. The molecule has 0 aliphatic rings. The van der Waals surface area contributed by atoms with E-state index in [0.29, 0.717) is 22.3 Å². The first kappa shape index (κ1) is 25.7. The Hall–Kier alpha value is -4.89. The van der Waals surface area contributed by atoms with Gasteiger partial charge >= 0.3 is 12.0 Å². The van der Waals surface area contributed by atoms with Gasteiger partial charge < -0.3 is 19.5 Å². The van der Waals surface area contributed by atoms with Crippen molar-refractivity contribution in [3.8, 4) is 11.5 Å². The average Bonchev–Trinajstić information content (AvgIpc) is 3.38. The first-order valence-electron chi connectivity index (χ1n) is 12.1. The first-order chi connectivity index (χ1) is 19.0. The highest BCUT2D eigenvalue weighted by Gasteiger charge is 2.21. The fraction of sp³-hybridized carbons (Fsp3) is 0.100. The number of hydrogen-bond donors (Lipinski definition) is 2. The number of nitrogens with zero attached hydrogens (tertiary/aromatic N) is 1. The molecule has 1 heterocycles. The van der Waals surface area contributed by atoms with Crippen LogP contribution in [-0.2, 0) is 4.74 Å². The van der Waals surface area contributed by atoms with Crippen LogP contribution in [0, 0.1) is 0 Å². The molecule has 0 saturated carbocycles. The number of amides is 2. The Labute approximate surface area is 229 Å². The molecule has 39 heavy (non-hydrogen) atoms. The number of nitrogens with one attached hydrogen (secondary N) is 2. The lowest BCUT2D eigenvalue weighted by Gasteiger charge is -2.22. The predicted octanol–water partition coefficient (Wildman–Crippen LogP) is 6.90. The zero-order valence-corrected chi connectivity index (χ0v) is 22.0. The molecule has 0 aliphatic carbocycles. The smallest absolute Gasteiger partial charge is 0.341 e. The van der Waals surface area contributed by atoms with Crippen molar-refractivity contribution in [1.29, 1.82) is 0 Å². The van der Waals surface area contributed by atoms with Gasteiger partial charge in [-0.3, -0.25) is 5.32 Å². The molecule has 0 unspecified atom stereocenters. The quantitative estimate of drug-likeness (QED) is 0.208. The topological polar surface area (TPSA) is 98.8 Å². The summed E-state index contributed by atoms with van der Waals surface area (Å²) in [5.41, 5.74) is 3.17. The molecule has 5 rings (SSSR count). The zero-order chi connectivity index (χ0) is 27.2. The highest BCUT2D eigenvalue weighted by Crippen LogP contribution is 2.33. The van der Waals surface area contributed by atoms with Crippen molar-refractivity contribution in [2.45, 2.75) is 6.10 Å². The van der Waals surface area contributed by atoms with E-state index in [1.807, 2.05) is 78.9 Å². The maximum Gasteiger partial charge on any atom is 0.341 e. The summed E-state index contributed by atoms with van der Waals surface area (Å²) in [7, 11) is 2.89. The van der Waals surface area contributed by atoms with E-state index in [4.69, 9.17) is 14.2 Å². The van der Waals surface area contributed by atoms with Gasteiger partial charge in [0, 0.05) is 5.69 Å². The minimum Gasteiger partial charge on any atom is -0.497 e. The SMILES string of the molecule is COC(=O)c1cc(NC(=O)Nc2nc3ccc(OC)cc3s2)ccc1OC(c1ccccc1)c1ccccc1. The van der Waals surface area contributed by atoms with Crippen molar-refractivity contribution >= 4 is 44.4 Å². The third-order valence-electron chi connectivity index (χ3n) is 5.91. The van der Waals surface area contributed by atoms with Crippen LogP contribution in [0.15, 0.2) is 97.1 Å². The molecule has 8 nitrogen and oxygen atoms in total. The molecule has 0 bridgehead atoms. The van der Waals surface area contributed by atoms with E-state index in [0.717, 1.165) is 21.3 Å². The summed E-state index contributed by atoms with van der Waals surface area (Å²) in [5.74, 6) is 0.446. The molecule has 0 saturated heterocycles. The fourth-order valence-corrected chi connectivity index (χ4v) is 4.93. The number of anilines is 2. The van der Waals surface area contributed by atoms with E-state index in [-0.39, 0.29) is 5.56 Å². The highest BCUT2D eigenvalue weighted by atomic mass is 32.1. The van der Waals surface area contributed by atoms with Crippen molar-refractivity contribution in [2.75, 3.05) is 24.9 Å². The fourth-order valence-electron chi connectivity index (χ4n) is 4.04. The lowest BCUT2D eigenvalue weighted by atomic mass is 10.0. The number of carbonyl (C=O) groups is 2. The summed E-state index contributed by atoms with van der Waals surface area (Å²) >= 11 is 1.33. The average molecular weight is 540 g/mol. The summed E-state index contributed by atoms with van der Waals surface area (Å²) in [4.78, 5) is 29.9. The number of aromatic nitrogens is 1. The molecule has 2 amide bonds. The number of esters is 1. The van der Waals surface area contributed by atoms with Crippen molar-refractivity contribution in [3.05, 3.63) is 114 Å². The molecule has 0 aliphatic heterocycles. The largest absolute Gasteiger partial charge is 0.497 e. The Morgan fingerprint density at radius 3 is 2.15 bits per heavy atom. The van der Waals surface area contributed by atoms with E-state index in [9.17, 15) is 9.59 Å². The second-order valence-corrected chi connectivity index (χ2v) is 9.48. The minimum atomic E-state index is -0.589. The summed E-state index contributed by atoms with van der Waals surface area (Å²) in [5, 5.41) is 5.92. The van der Waals surface area contributed by atoms with E-state index >= 15 is 0 Å². The number of benzene rings is 4. The normalized spacial score (nSPS) is 10.7. The number of thiazole rings is 1. The number of methoxy groups -OCH3 is 2. The Balaban J connectivity index is 1.38. The van der Waals surface area contributed by atoms with Gasteiger partial charge in [0.15, 0.2) is 5.13 Å². The van der Waals surface area contributed by atoms with Gasteiger partial charge in [-0.05, 0) is 47.5 Å². The van der Waals surface area contributed by atoms with E-state index in [1.165, 1.54) is 24.5 Å². The number of hydrogen-bond acceptors (Lipinski definition) is 7. The van der Waals surface area contributed by atoms with Crippen molar-refractivity contribution in [3.63, 3.8) is 0 Å². The van der Waals surface area contributed by atoms with Gasteiger partial charge in [-0.25, -0.2) is 14.6 Å². The van der Waals surface area contributed by atoms with Crippen molar-refractivity contribution < 1.29 is 23.8 Å². The van der Waals surface area contributed by atoms with Crippen molar-refractivity contribution in [1.82, 2.24) is 4.98 Å². The lowest BCUT2D eigenvalue weighted by Crippen LogP contribution is -2.20. The van der Waals surface area contributed by atoms with Gasteiger partial charge in [0.1, 0.15) is 23.2 Å². The highest BCUT2D eigenvalue weighted by molar-refractivity contribution is 7.22. The third kappa shape index (κ3) is 6.00. The van der Waals surface area contributed by atoms with Gasteiger partial charge in [0.2, 0.25) is 0 Å². The summed E-state index contributed by atoms with van der Waals surface area (Å²) in [6.45, 7) is 0. The molecule has 5 aromatic rings. The second kappa shape index (κ2) is 11.7. The van der Waals surface area contributed by atoms with E-state index in [1.54, 1.807) is 19.2 Å². The van der Waals surface area contributed by atoms with Crippen molar-refractivity contribution in [2.24, 2.45) is 0 Å². The Morgan fingerprint density at radius 1 is 0.821 bits per heavy atom. The molecule has 0 atom stereocenters. The molecular formula is C30H25N3O5S. The maximum atomic E-state index is 12.7. The van der Waals surface area contributed by atoms with Crippen LogP contribution < -0.4 is 20.1 Å². The molecule has 196 valence electrons. The Bertz CT molecular complexity index is 1570. The van der Waals surface area contributed by atoms with Crippen LogP contribution in [0.3, 0.4) is 0 Å².